The number of hydrogen-bond acceptors (Lipinski definition) is 6. The molecule has 0 spiro atoms. The van der Waals surface area contributed by atoms with Crippen LogP contribution in [0.3, 0.4) is 0 Å². The van der Waals surface area contributed by atoms with E-state index in [1.807, 2.05) is 43.5 Å². The number of halogens is 1. The van der Waals surface area contributed by atoms with E-state index in [0.29, 0.717) is 33.9 Å². The summed E-state index contributed by atoms with van der Waals surface area (Å²) in [5.74, 6) is 1.40. The van der Waals surface area contributed by atoms with Gasteiger partial charge in [-0.2, -0.15) is 9.78 Å². The van der Waals surface area contributed by atoms with Gasteiger partial charge in [-0.1, -0.05) is 11.6 Å². The van der Waals surface area contributed by atoms with Gasteiger partial charge in [0, 0.05) is 22.0 Å². The summed E-state index contributed by atoms with van der Waals surface area (Å²) in [4.78, 5) is 17.6. The lowest BCUT2D eigenvalue weighted by molar-refractivity contribution is 0.102. The van der Waals surface area contributed by atoms with Gasteiger partial charge in [0.1, 0.15) is 17.3 Å². The van der Waals surface area contributed by atoms with Gasteiger partial charge < -0.3 is 14.8 Å². The smallest absolute Gasteiger partial charge is 0.260 e. The lowest BCUT2D eigenvalue weighted by Gasteiger charge is -2.10. The van der Waals surface area contributed by atoms with Crippen LogP contribution < -0.4 is 14.8 Å². The molecule has 0 radical (unpaired) electrons. The molecular formula is C23H21ClN4O3S. The van der Waals surface area contributed by atoms with E-state index < -0.39 is 0 Å². The first-order valence-corrected chi connectivity index (χ1v) is 11.1. The van der Waals surface area contributed by atoms with Crippen LogP contribution >= 0.6 is 22.9 Å². The molecule has 0 saturated carbocycles. The van der Waals surface area contributed by atoms with Crippen molar-refractivity contribution in [3.8, 4) is 27.9 Å². The normalized spacial score (nSPS) is 10.8. The van der Waals surface area contributed by atoms with E-state index in [1.54, 1.807) is 28.9 Å². The van der Waals surface area contributed by atoms with Crippen LogP contribution in [0.25, 0.3) is 16.4 Å². The quantitative estimate of drug-likeness (QED) is 0.381. The van der Waals surface area contributed by atoms with Crippen molar-refractivity contribution >= 4 is 34.7 Å². The van der Waals surface area contributed by atoms with Gasteiger partial charge in [-0.05, 0) is 56.3 Å². The van der Waals surface area contributed by atoms with Crippen LogP contribution in [-0.4, -0.2) is 34.4 Å². The zero-order valence-electron chi connectivity index (χ0n) is 17.8. The van der Waals surface area contributed by atoms with Gasteiger partial charge in [-0.25, -0.2) is 4.98 Å². The summed E-state index contributed by atoms with van der Waals surface area (Å²) in [6.45, 7) is 4.42. The van der Waals surface area contributed by atoms with Gasteiger partial charge in [-0.15, -0.1) is 11.3 Å². The van der Waals surface area contributed by atoms with E-state index in [1.165, 1.54) is 18.4 Å². The molecule has 2 aromatic carbocycles. The first-order chi connectivity index (χ1) is 15.5. The summed E-state index contributed by atoms with van der Waals surface area (Å²) in [6.07, 6.45) is 0. The van der Waals surface area contributed by atoms with E-state index in [-0.39, 0.29) is 5.91 Å². The maximum atomic E-state index is 12.9. The largest absolute Gasteiger partial charge is 0.496 e. The number of rotatable bonds is 7. The molecule has 0 aliphatic carbocycles. The number of anilines is 1. The summed E-state index contributed by atoms with van der Waals surface area (Å²) in [5, 5.41) is 10.4. The van der Waals surface area contributed by atoms with Gasteiger partial charge >= 0.3 is 0 Å². The lowest BCUT2D eigenvalue weighted by Crippen LogP contribution is -2.16. The summed E-state index contributed by atoms with van der Waals surface area (Å²) in [6, 6.07) is 14.4. The first-order valence-electron chi connectivity index (χ1n) is 9.89. The number of carbonyl (C=O) groups is 1. The Morgan fingerprint density at radius 3 is 2.69 bits per heavy atom. The van der Waals surface area contributed by atoms with Crippen LogP contribution in [0.1, 0.15) is 23.0 Å². The Hall–Kier alpha value is -3.36. The molecule has 0 unspecified atom stereocenters. The van der Waals surface area contributed by atoms with Crippen LogP contribution in [0, 0.1) is 6.92 Å². The molecule has 9 heteroatoms. The summed E-state index contributed by atoms with van der Waals surface area (Å²) < 4.78 is 12.4. The van der Waals surface area contributed by atoms with Crippen molar-refractivity contribution in [3.05, 3.63) is 70.2 Å². The number of methoxy groups -OCH3 is 1. The Labute approximate surface area is 194 Å². The van der Waals surface area contributed by atoms with E-state index in [0.717, 1.165) is 22.7 Å². The number of amides is 1. The van der Waals surface area contributed by atoms with Crippen molar-refractivity contribution < 1.29 is 14.3 Å². The number of hydrogen-bond donors (Lipinski definition) is 1. The van der Waals surface area contributed by atoms with Gasteiger partial charge in [0.2, 0.25) is 5.13 Å². The summed E-state index contributed by atoms with van der Waals surface area (Å²) in [5.41, 5.74) is 2.86. The molecule has 1 amide bonds. The first kappa shape index (κ1) is 21.9. The van der Waals surface area contributed by atoms with Crippen LogP contribution in [0.4, 0.5) is 5.82 Å². The third-order valence-corrected chi connectivity index (χ3v) is 5.66. The third kappa shape index (κ3) is 4.61. The van der Waals surface area contributed by atoms with Crippen molar-refractivity contribution in [2.24, 2.45) is 0 Å². The van der Waals surface area contributed by atoms with Gasteiger partial charge in [0.25, 0.3) is 5.91 Å². The van der Waals surface area contributed by atoms with Crippen molar-refractivity contribution in [1.29, 1.82) is 0 Å². The SMILES string of the molecule is CCOc1ccc(-c2csc(-n3nc(C)cc3NC(=O)c3cc(Cl)ccc3OC)n2)cc1. The van der Waals surface area contributed by atoms with Crippen molar-refractivity contribution in [2.45, 2.75) is 13.8 Å². The second kappa shape index (κ2) is 9.42. The molecular weight excluding hydrogens is 448 g/mol. The zero-order valence-corrected chi connectivity index (χ0v) is 19.3. The number of aromatic nitrogens is 3. The lowest BCUT2D eigenvalue weighted by atomic mass is 10.2. The Morgan fingerprint density at radius 2 is 1.97 bits per heavy atom. The molecule has 0 aliphatic heterocycles. The molecule has 1 N–H and O–H groups in total. The number of benzene rings is 2. The van der Waals surface area contributed by atoms with Gasteiger partial charge in [0.05, 0.1) is 30.7 Å². The Bertz CT molecular complexity index is 1250. The highest BCUT2D eigenvalue weighted by Crippen LogP contribution is 2.29. The van der Waals surface area contributed by atoms with Crippen molar-refractivity contribution in [2.75, 3.05) is 19.0 Å². The number of nitrogens with zero attached hydrogens (tertiary/aromatic N) is 3. The second-order valence-electron chi connectivity index (χ2n) is 6.85. The van der Waals surface area contributed by atoms with Crippen molar-refractivity contribution in [3.63, 3.8) is 0 Å². The topological polar surface area (TPSA) is 78.3 Å². The number of nitrogens with one attached hydrogen (secondary N) is 1. The van der Waals surface area contributed by atoms with Gasteiger partial charge in [-0.3, -0.25) is 4.79 Å². The fourth-order valence-corrected chi connectivity index (χ4v) is 4.13. The molecule has 4 rings (SSSR count). The second-order valence-corrected chi connectivity index (χ2v) is 8.13. The maximum absolute atomic E-state index is 12.9. The van der Waals surface area contributed by atoms with E-state index in [4.69, 9.17) is 26.1 Å². The molecule has 0 atom stereocenters. The summed E-state index contributed by atoms with van der Waals surface area (Å²) in [7, 11) is 1.51. The molecule has 0 saturated heterocycles. The van der Waals surface area contributed by atoms with E-state index in [2.05, 4.69) is 10.4 Å². The van der Waals surface area contributed by atoms with Crippen LogP contribution in [-0.2, 0) is 0 Å². The Morgan fingerprint density at radius 1 is 1.19 bits per heavy atom. The summed E-state index contributed by atoms with van der Waals surface area (Å²) >= 11 is 7.50. The molecule has 32 heavy (non-hydrogen) atoms. The predicted octanol–water partition coefficient (Wildman–Crippen LogP) is 5.62. The van der Waals surface area contributed by atoms with Crippen LogP contribution in [0.2, 0.25) is 5.02 Å². The maximum Gasteiger partial charge on any atom is 0.260 e. The third-order valence-electron chi connectivity index (χ3n) is 4.61. The predicted molar refractivity (Wildman–Crippen MR) is 127 cm³/mol. The van der Waals surface area contributed by atoms with Gasteiger partial charge in [0.15, 0.2) is 0 Å². The minimum absolute atomic E-state index is 0.333. The zero-order chi connectivity index (χ0) is 22.7. The minimum atomic E-state index is -0.353. The molecule has 0 fully saturated rings. The molecule has 2 aromatic heterocycles. The molecule has 2 heterocycles. The fraction of sp³-hybridized carbons (Fsp3) is 0.174. The highest BCUT2D eigenvalue weighted by molar-refractivity contribution is 7.12. The van der Waals surface area contributed by atoms with E-state index >= 15 is 0 Å². The minimum Gasteiger partial charge on any atom is -0.496 e. The van der Waals surface area contributed by atoms with E-state index in [9.17, 15) is 4.79 Å². The fourth-order valence-electron chi connectivity index (χ4n) is 3.16. The highest BCUT2D eigenvalue weighted by atomic mass is 35.5. The monoisotopic (exact) mass is 468 g/mol. The number of carbonyl (C=O) groups excluding carboxylic acids is 1. The number of thiazole rings is 1. The molecule has 7 nitrogen and oxygen atoms in total. The molecule has 0 aliphatic rings. The highest BCUT2D eigenvalue weighted by Gasteiger charge is 2.18. The standard InChI is InChI=1S/C23H21ClN4O3S/c1-4-31-17-8-5-15(6-9-17)19-13-32-23(25-19)28-21(11-14(2)27-28)26-22(29)18-12-16(24)7-10-20(18)30-3/h5-13H,4H2,1-3H3,(H,26,29). The number of aryl methyl sites for hydroxylation is 1. The molecule has 164 valence electrons. The Kier molecular flexibility index (Phi) is 6.43. The molecule has 0 bridgehead atoms. The van der Waals surface area contributed by atoms with Crippen LogP contribution in [0.15, 0.2) is 53.9 Å². The average molecular weight is 469 g/mol. The van der Waals surface area contributed by atoms with Crippen molar-refractivity contribution in [1.82, 2.24) is 14.8 Å². The average Bonchev–Trinajstić information content (AvgIpc) is 3.41. The Balaban J connectivity index is 1.61. The van der Waals surface area contributed by atoms with Crippen LogP contribution in [0.5, 0.6) is 11.5 Å². The molecule has 4 aromatic rings. The number of ether oxygens (including phenoxy) is 2.